The summed E-state index contributed by atoms with van der Waals surface area (Å²) in [6, 6.07) is 7.26. The Bertz CT molecular complexity index is 510. The summed E-state index contributed by atoms with van der Waals surface area (Å²) in [7, 11) is 0. The topological polar surface area (TPSA) is 78.4 Å². The van der Waals surface area contributed by atoms with Gasteiger partial charge in [-0.25, -0.2) is 4.79 Å². The van der Waals surface area contributed by atoms with Gasteiger partial charge in [0, 0.05) is 12.2 Å². The first-order valence-electron chi connectivity index (χ1n) is 6.82. The molecule has 0 heterocycles. The lowest BCUT2D eigenvalue weighted by atomic mass is 9.66. The fraction of sp³-hybridized carbons (Fsp3) is 0.467. The van der Waals surface area contributed by atoms with Gasteiger partial charge in [-0.05, 0) is 42.9 Å². The molecule has 20 heavy (non-hydrogen) atoms. The lowest BCUT2D eigenvalue weighted by Crippen LogP contribution is -2.44. The number of hydrogen-bond donors (Lipinski definition) is 3. The van der Waals surface area contributed by atoms with Gasteiger partial charge in [0.15, 0.2) is 0 Å². The lowest BCUT2D eigenvalue weighted by Gasteiger charge is -2.40. The first-order chi connectivity index (χ1) is 9.49. The van der Waals surface area contributed by atoms with Gasteiger partial charge in [0.2, 0.25) is 0 Å². The van der Waals surface area contributed by atoms with Crippen LogP contribution in [0.4, 0.5) is 10.5 Å². The molecule has 1 aromatic rings. The van der Waals surface area contributed by atoms with Gasteiger partial charge in [-0.2, -0.15) is 0 Å². The number of aliphatic carboxylic acids is 1. The Hall–Kier alpha value is -2.04. The maximum Gasteiger partial charge on any atom is 0.319 e. The van der Waals surface area contributed by atoms with Crippen LogP contribution in [0.15, 0.2) is 24.3 Å². The van der Waals surface area contributed by atoms with Crippen molar-refractivity contribution in [2.24, 2.45) is 5.41 Å². The Morgan fingerprint density at radius 2 is 2.10 bits per heavy atom. The number of carbonyl (C=O) groups excluding carboxylic acids is 1. The Morgan fingerprint density at radius 1 is 1.35 bits per heavy atom. The fourth-order valence-corrected chi connectivity index (χ4v) is 2.58. The van der Waals surface area contributed by atoms with Crippen molar-refractivity contribution in [2.45, 2.75) is 32.6 Å². The summed E-state index contributed by atoms with van der Waals surface area (Å²) < 4.78 is 0. The number of amides is 2. The van der Waals surface area contributed by atoms with Gasteiger partial charge in [0.1, 0.15) is 0 Å². The number of carboxylic acid groups (broad SMARTS) is 1. The molecule has 3 N–H and O–H groups in total. The third kappa shape index (κ3) is 3.73. The van der Waals surface area contributed by atoms with Crippen LogP contribution in [0.2, 0.25) is 0 Å². The van der Waals surface area contributed by atoms with E-state index in [1.165, 1.54) is 0 Å². The van der Waals surface area contributed by atoms with Gasteiger partial charge in [0.25, 0.3) is 0 Å². The van der Waals surface area contributed by atoms with Crippen LogP contribution in [0.25, 0.3) is 0 Å². The van der Waals surface area contributed by atoms with Crippen molar-refractivity contribution in [2.75, 3.05) is 11.9 Å². The van der Waals surface area contributed by atoms with Crippen molar-refractivity contribution in [3.05, 3.63) is 29.8 Å². The van der Waals surface area contributed by atoms with E-state index in [1.54, 1.807) is 0 Å². The Morgan fingerprint density at radius 3 is 2.65 bits per heavy atom. The molecule has 0 unspecified atom stereocenters. The van der Waals surface area contributed by atoms with Gasteiger partial charge in [-0.15, -0.1) is 0 Å². The van der Waals surface area contributed by atoms with Crippen molar-refractivity contribution < 1.29 is 14.7 Å². The SMILES string of the molecule is Cc1cccc(NC(=O)NCC2(CC(=O)O)CCC2)c1. The molecule has 1 aromatic carbocycles. The van der Waals surface area contributed by atoms with E-state index in [2.05, 4.69) is 10.6 Å². The zero-order valence-corrected chi connectivity index (χ0v) is 11.6. The zero-order chi connectivity index (χ0) is 14.6. The van der Waals surface area contributed by atoms with Crippen molar-refractivity contribution in [1.29, 1.82) is 0 Å². The predicted molar refractivity (Wildman–Crippen MR) is 76.7 cm³/mol. The molecule has 0 aromatic heterocycles. The number of benzene rings is 1. The zero-order valence-electron chi connectivity index (χ0n) is 11.6. The van der Waals surface area contributed by atoms with Crippen LogP contribution in [-0.4, -0.2) is 23.7 Å². The van der Waals surface area contributed by atoms with E-state index in [-0.39, 0.29) is 17.9 Å². The minimum absolute atomic E-state index is 0.123. The number of hydrogen-bond acceptors (Lipinski definition) is 2. The second-order valence-corrected chi connectivity index (χ2v) is 5.60. The van der Waals surface area contributed by atoms with Gasteiger partial charge < -0.3 is 15.7 Å². The van der Waals surface area contributed by atoms with E-state index in [9.17, 15) is 9.59 Å². The molecule has 5 heteroatoms. The van der Waals surface area contributed by atoms with E-state index in [0.29, 0.717) is 6.54 Å². The minimum Gasteiger partial charge on any atom is -0.481 e. The number of rotatable bonds is 5. The van der Waals surface area contributed by atoms with Gasteiger partial charge in [0.05, 0.1) is 6.42 Å². The normalized spacial score (nSPS) is 16.1. The van der Waals surface area contributed by atoms with E-state index < -0.39 is 5.97 Å². The molecule has 108 valence electrons. The fourth-order valence-electron chi connectivity index (χ4n) is 2.58. The van der Waals surface area contributed by atoms with Crippen molar-refractivity contribution in [1.82, 2.24) is 5.32 Å². The third-order valence-electron chi connectivity index (χ3n) is 3.84. The highest BCUT2D eigenvalue weighted by Crippen LogP contribution is 2.43. The van der Waals surface area contributed by atoms with E-state index >= 15 is 0 Å². The van der Waals surface area contributed by atoms with Crippen LogP contribution in [0.5, 0.6) is 0 Å². The summed E-state index contributed by atoms with van der Waals surface area (Å²) >= 11 is 0. The standard InChI is InChI=1S/C15H20N2O3/c1-11-4-2-5-12(8-11)17-14(20)16-10-15(6-3-7-15)9-13(18)19/h2,4-5,8H,3,6-7,9-10H2,1H3,(H,18,19)(H2,16,17,20). The Balaban J connectivity index is 1.84. The van der Waals surface area contributed by atoms with Crippen LogP contribution >= 0.6 is 0 Å². The molecule has 0 bridgehead atoms. The highest BCUT2D eigenvalue weighted by atomic mass is 16.4. The lowest BCUT2D eigenvalue weighted by molar-refractivity contribution is -0.141. The quantitative estimate of drug-likeness (QED) is 0.773. The highest BCUT2D eigenvalue weighted by Gasteiger charge is 2.39. The molecule has 2 amide bonds. The summed E-state index contributed by atoms with van der Waals surface area (Å²) in [5, 5.41) is 14.5. The van der Waals surface area contributed by atoms with Gasteiger partial charge in [-0.1, -0.05) is 18.6 Å². The summed E-state index contributed by atoms with van der Waals surface area (Å²) in [6.45, 7) is 2.37. The van der Waals surface area contributed by atoms with E-state index in [1.807, 2.05) is 31.2 Å². The van der Waals surface area contributed by atoms with Gasteiger partial charge in [-0.3, -0.25) is 4.79 Å². The maximum absolute atomic E-state index is 11.8. The predicted octanol–water partition coefficient (Wildman–Crippen LogP) is 2.76. The number of anilines is 1. The average molecular weight is 276 g/mol. The summed E-state index contributed by atoms with van der Waals surface area (Å²) in [4.78, 5) is 22.7. The first-order valence-corrected chi connectivity index (χ1v) is 6.82. The molecule has 1 aliphatic rings. The van der Waals surface area contributed by atoms with Gasteiger partial charge >= 0.3 is 12.0 Å². The van der Waals surface area contributed by atoms with E-state index in [0.717, 1.165) is 30.5 Å². The number of carboxylic acids is 1. The van der Waals surface area contributed by atoms with Crippen molar-refractivity contribution >= 4 is 17.7 Å². The number of urea groups is 1. The average Bonchev–Trinajstić information content (AvgIpc) is 2.32. The molecule has 0 saturated heterocycles. The highest BCUT2D eigenvalue weighted by molar-refractivity contribution is 5.89. The molecule has 5 nitrogen and oxygen atoms in total. The maximum atomic E-state index is 11.8. The number of carbonyl (C=O) groups is 2. The number of aryl methyl sites for hydroxylation is 1. The summed E-state index contributed by atoms with van der Waals surface area (Å²) in [5.41, 5.74) is 1.56. The summed E-state index contributed by atoms with van der Waals surface area (Å²) in [5.74, 6) is -0.800. The van der Waals surface area contributed by atoms with Crippen LogP contribution in [0, 0.1) is 12.3 Å². The molecule has 1 saturated carbocycles. The van der Waals surface area contributed by atoms with Crippen LogP contribution in [-0.2, 0) is 4.79 Å². The third-order valence-corrected chi connectivity index (χ3v) is 3.84. The second-order valence-electron chi connectivity index (χ2n) is 5.60. The largest absolute Gasteiger partial charge is 0.481 e. The van der Waals surface area contributed by atoms with Crippen molar-refractivity contribution in [3.8, 4) is 0 Å². The molecule has 0 atom stereocenters. The molecular formula is C15H20N2O3. The molecule has 0 spiro atoms. The number of nitrogens with one attached hydrogen (secondary N) is 2. The van der Waals surface area contributed by atoms with Crippen molar-refractivity contribution in [3.63, 3.8) is 0 Å². The molecule has 2 rings (SSSR count). The second kappa shape index (κ2) is 5.94. The van der Waals surface area contributed by atoms with Crippen LogP contribution in [0.3, 0.4) is 0 Å². The summed E-state index contributed by atoms with van der Waals surface area (Å²) in [6.07, 6.45) is 2.89. The molecule has 1 fully saturated rings. The Kier molecular flexibility index (Phi) is 4.27. The molecule has 0 aliphatic heterocycles. The molecule has 1 aliphatic carbocycles. The minimum atomic E-state index is -0.800. The van der Waals surface area contributed by atoms with Crippen LogP contribution < -0.4 is 10.6 Å². The first kappa shape index (κ1) is 14.4. The molecule has 0 radical (unpaired) electrons. The van der Waals surface area contributed by atoms with Crippen LogP contribution in [0.1, 0.15) is 31.2 Å². The smallest absolute Gasteiger partial charge is 0.319 e. The van der Waals surface area contributed by atoms with E-state index in [4.69, 9.17) is 5.11 Å². The molecular weight excluding hydrogens is 256 g/mol. The Labute approximate surface area is 118 Å². The monoisotopic (exact) mass is 276 g/mol.